The zero-order chi connectivity index (χ0) is 16.1. The molecule has 0 aliphatic carbocycles. The Balaban J connectivity index is 1.63. The van der Waals surface area contributed by atoms with Crippen LogP contribution in [0.5, 0.6) is 0 Å². The second-order valence-corrected chi connectivity index (χ2v) is 6.10. The molecule has 2 aromatic rings. The van der Waals surface area contributed by atoms with Gasteiger partial charge in [-0.05, 0) is 31.0 Å². The zero-order valence-corrected chi connectivity index (χ0v) is 13.7. The lowest BCUT2D eigenvalue weighted by Gasteiger charge is -2.32. The minimum Gasteiger partial charge on any atom is -0.395 e. The average molecular weight is 333 g/mol. The zero-order valence-electron chi connectivity index (χ0n) is 13.0. The van der Waals surface area contributed by atoms with Crippen LogP contribution in [-0.2, 0) is 0 Å². The van der Waals surface area contributed by atoms with Crippen molar-refractivity contribution in [2.24, 2.45) is 0 Å². The van der Waals surface area contributed by atoms with Gasteiger partial charge in [-0.2, -0.15) is 0 Å². The summed E-state index contributed by atoms with van der Waals surface area (Å²) in [6.07, 6.45) is 2.10. The van der Waals surface area contributed by atoms with Crippen LogP contribution in [0.2, 0.25) is 5.02 Å². The summed E-state index contributed by atoms with van der Waals surface area (Å²) in [7, 11) is 0. The number of halogens is 1. The van der Waals surface area contributed by atoms with Crippen molar-refractivity contribution in [2.45, 2.75) is 18.9 Å². The standard InChI is InChI=1S/C17H21ClN4O/c18-15-4-2-1-3-14(15)16-5-6-17(21-20-16)22-10-7-13(8-11-22)19-9-12-23/h1-6,13,19,23H,7-12H2. The van der Waals surface area contributed by atoms with Crippen molar-refractivity contribution in [3.8, 4) is 11.3 Å². The van der Waals surface area contributed by atoms with Crippen molar-refractivity contribution in [3.63, 3.8) is 0 Å². The van der Waals surface area contributed by atoms with E-state index in [-0.39, 0.29) is 6.61 Å². The van der Waals surface area contributed by atoms with E-state index in [0.717, 1.165) is 43.0 Å². The fourth-order valence-corrected chi connectivity index (χ4v) is 3.12. The summed E-state index contributed by atoms with van der Waals surface area (Å²) in [5, 5.41) is 21.6. The summed E-state index contributed by atoms with van der Waals surface area (Å²) in [6.45, 7) is 2.75. The third-order valence-electron chi connectivity index (χ3n) is 4.16. The topological polar surface area (TPSA) is 61.3 Å². The molecular formula is C17H21ClN4O. The molecule has 1 saturated heterocycles. The Kier molecular flexibility index (Phi) is 5.43. The Labute approximate surface area is 141 Å². The van der Waals surface area contributed by atoms with E-state index in [0.29, 0.717) is 17.6 Å². The van der Waals surface area contributed by atoms with Gasteiger partial charge in [0.2, 0.25) is 0 Å². The van der Waals surface area contributed by atoms with Gasteiger partial charge in [-0.3, -0.25) is 0 Å². The highest BCUT2D eigenvalue weighted by Crippen LogP contribution is 2.26. The van der Waals surface area contributed by atoms with Crippen LogP contribution in [0.3, 0.4) is 0 Å². The van der Waals surface area contributed by atoms with Crippen LogP contribution < -0.4 is 10.2 Å². The summed E-state index contributed by atoms with van der Waals surface area (Å²) in [4.78, 5) is 2.25. The summed E-state index contributed by atoms with van der Waals surface area (Å²) in [5.41, 5.74) is 1.69. The van der Waals surface area contributed by atoms with Crippen LogP contribution in [0, 0.1) is 0 Å². The molecule has 0 atom stereocenters. The van der Waals surface area contributed by atoms with E-state index in [4.69, 9.17) is 16.7 Å². The van der Waals surface area contributed by atoms with E-state index in [9.17, 15) is 0 Å². The van der Waals surface area contributed by atoms with E-state index < -0.39 is 0 Å². The van der Waals surface area contributed by atoms with Gasteiger partial charge in [-0.1, -0.05) is 29.8 Å². The van der Waals surface area contributed by atoms with Gasteiger partial charge in [-0.25, -0.2) is 0 Å². The van der Waals surface area contributed by atoms with Gasteiger partial charge in [0.25, 0.3) is 0 Å². The molecule has 0 spiro atoms. The van der Waals surface area contributed by atoms with E-state index in [1.807, 2.05) is 36.4 Å². The Morgan fingerprint density at radius 1 is 1.13 bits per heavy atom. The third-order valence-corrected chi connectivity index (χ3v) is 4.49. The van der Waals surface area contributed by atoms with Crippen LogP contribution in [0.4, 0.5) is 5.82 Å². The lowest BCUT2D eigenvalue weighted by molar-refractivity contribution is 0.277. The Morgan fingerprint density at radius 2 is 1.91 bits per heavy atom. The van der Waals surface area contributed by atoms with Gasteiger partial charge < -0.3 is 15.3 Å². The second-order valence-electron chi connectivity index (χ2n) is 5.70. The van der Waals surface area contributed by atoms with Gasteiger partial charge >= 0.3 is 0 Å². The molecule has 0 unspecified atom stereocenters. The fraction of sp³-hybridized carbons (Fsp3) is 0.412. The molecule has 1 fully saturated rings. The summed E-state index contributed by atoms with van der Waals surface area (Å²) < 4.78 is 0. The van der Waals surface area contributed by atoms with E-state index >= 15 is 0 Å². The van der Waals surface area contributed by atoms with Crippen molar-refractivity contribution in [3.05, 3.63) is 41.4 Å². The van der Waals surface area contributed by atoms with E-state index in [1.165, 1.54) is 0 Å². The first-order chi connectivity index (χ1) is 11.3. The maximum atomic E-state index is 8.87. The number of piperidine rings is 1. The van der Waals surface area contributed by atoms with Crippen molar-refractivity contribution >= 4 is 17.4 Å². The van der Waals surface area contributed by atoms with Crippen LogP contribution in [0.1, 0.15) is 12.8 Å². The lowest BCUT2D eigenvalue weighted by atomic mass is 10.1. The highest BCUT2D eigenvalue weighted by Gasteiger charge is 2.20. The number of rotatable bonds is 5. The minimum atomic E-state index is 0.190. The molecule has 1 aliphatic rings. The summed E-state index contributed by atoms with van der Waals surface area (Å²) in [6, 6.07) is 12.1. The molecule has 1 aromatic heterocycles. The van der Waals surface area contributed by atoms with Crippen LogP contribution in [0.25, 0.3) is 11.3 Å². The Bertz CT molecular complexity index is 627. The number of nitrogens with one attached hydrogen (secondary N) is 1. The van der Waals surface area contributed by atoms with Crippen molar-refractivity contribution in [1.29, 1.82) is 0 Å². The largest absolute Gasteiger partial charge is 0.395 e. The molecule has 0 amide bonds. The molecule has 2 N–H and O–H groups in total. The first kappa shape index (κ1) is 16.2. The molecular weight excluding hydrogens is 312 g/mol. The van der Waals surface area contributed by atoms with Gasteiger partial charge in [0, 0.05) is 31.2 Å². The summed E-state index contributed by atoms with van der Waals surface area (Å²) >= 11 is 6.20. The van der Waals surface area contributed by atoms with Gasteiger partial charge in [0.1, 0.15) is 0 Å². The van der Waals surface area contributed by atoms with Crippen LogP contribution in [-0.4, -0.2) is 47.6 Å². The highest BCUT2D eigenvalue weighted by molar-refractivity contribution is 6.33. The number of aliphatic hydroxyl groups excluding tert-OH is 1. The lowest BCUT2D eigenvalue weighted by Crippen LogP contribution is -2.43. The number of hydrogen-bond donors (Lipinski definition) is 2. The normalized spacial score (nSPS) is 15.8. The SMILES string of the molecule is OCCNC1CCN(c2ccc(-c3ccccc3Cl)nn2)CC1. The van der Waals surface area contributed by atoms with Crippen molar-refractivity contribution in [1.82, 2.24) is 15.5 Å². The first-order valence-electron chi connectivity index (χ1n) is 7.96. The molecule has 0 saturated carbocycles. The molecule has 0 bridgehead atoms. The number of benzene rings is 1. The molecule has 6 heteroatoms. The number of nitrogens with zero attached hydrogens (tertiary/aromatic N) is 3. The smallest absolute Gasteiger partial charge is 0.151 e. The van der Waals surface area contributed by atoms with E-state index in [2.05, 4.69) is 20.4 Å². The summed E-state index contributed by atoms with van der Waals surface area (Å²) in [5.74, 6) is 0.904. The molecule has 3 rings (SSSR count). The molecule has 122 valence electrons. The maximum absolute atomic E-state index is 8.87. The van der Waals surface area contributed by atoms with Gasteiger partial charge in [-0.15, -0.1) is 10.2 Å². The minimum absolute atomic E-state index is 0.190. The predicted octanol–water partition coefficient (Wildman–Crippen LogP) is 2.35. The number of aliphatic hydroxyl groups is 1. The number of anilines is 1. The van der Waals surface area contributed by atoms with Gasteiger partial charge in [0.15, 0.2) is 5.82 Å². The van der Waals surface area contributed by atoms with Crippen molar-refractivity contribution < 1.29 is 5.11 Å². The molecule has 1 aromatic carbocycles. The third kappa shape index (κ3) is 3.99. The van der Waals surface area contributed by atoms with Crippen LogP contribution in [0.15, 0.2) is 36.4 Å². The van der Waals surface area contributed by atoms with Crippen molar-refractivity contribution in [2.75, 3.05) is 31.1 Å². The molecule has 2 heterocycles. The van der Waals surface area contributed by atoms with Gasteiger partial charge in [0.05, 0.1) is 17.3 Å². The van der Waals surface area contributed by atoms with Crippen LogP contribution >= 0.6 is 11.6 Å². The Morgan fingerprint density at radius 3 is 2.57 bits per heavy atom. The Hall–Kier alpha value is -1.69. The highest BCUT2D eigenvalue weighted by atomic mass is 35.5. The quantitative estimate of drug-likeness (QED) is 0.880. The van der Waals surface area contributed by atoms with E-state index in [1.54, 1.807) is 0 Å². The molecule has 1 aliphatic heterocycles. The number of hydrogen-bond acceptors (Lipinski definition) is 5. The molecule has 23 heavy (non-hydrogen) atoms. The first-order valence-corrected chi connectivity index (χ1v) is 8.33. The monoisotopic (exact) mass is 332 g/mol. The average Bonchev–Trinajstić information content (AvgIpc) is 2.61. The fourth-order valence-electron chi connectivity index (χ4n) is 2.89. The second kappa shape index (κ2) is 7.73. The predicted molar refractivity (Wildman–Crippen MR) is 92.8 cm³/mol. The molecule has 5 nitrogen and oxygen atoms in total. The maximum Gasteiger partial charge on any atom is 0.151 e. The number of aromatic nitrogens is 2. The molecule has 0 radical (unpaired) electrons.